The van der Waals surface area contributed by atoms with Gasteiger partial charge in [0.15, 0.2) is 0 Å². The lowest BCUT2D eigenvalue weighted by atomic mass is 9.97. The summed E-state index contributed by atoms with van der Waals surface area (Å²) < 4.78 is 0. The third kappa shape index (κ3) is 7.75. The normalized spacial score (nSPS) is 30.4. The van der Waals surface area contributed by atoms with Crippen molar-refractivity contribution in [3.63, 3.8) is 0 Å². The number of nitrogens with one attached hydrogen (secondary N) is 7. The van der Waals surface area contributed by atoms with Crippen LogP contribution in [0.5, 0.6) is 0 Å². The van der Waals surface area contributed by atoms with E-state index in [1.165, 1.54) is 5.56 Å². The van der Waals surface area contributed by atoms with Gasteiger partial charge >= 0.3 is 0 Å². The van der Waals surface area contributed by atoms with Gasteiger partial charge in [0.2, 0.25) is 0 Å². The summed E-state index contributed by atoms with van der Waals surface area (Å²) in [4.78, 5) is 0. The molecule has 30 heavy (non-hydrogen) atoms. The van der Waals surface area contributed by atoms with Gasteiger partial charge in [-0.2, -0.15) is 0 Å². The Kier molecular flexibility index (Phi) is 9.28. The van der Waals surface area contributed by atoms with Crippen molar-refractivity contribution in [1.29, 1.82) is 0 Å². The Morgan fingerprint density at radius 2 is 1.07 bits per heavy atom. The molecule has 3 heterocycles. The smallest absolute Gasteiger partial charge is 0.0561 e. The van der Waals surface area contributed by atoms with Gasteiger partial charge in [-0.15, -0.1) is 0 Å². The Labute approximate surface area is 180 Å². The monoisotopic (exact) mass is 419 g/mol. The van der Waals surface area contributed by atoms with E-state index in [0.29, 0.717) is 0 Å². The maximum atomic E-state index is 6.66. The molecule has 3 saturated heterocycles. The van der Waals surface area contributed by atoms with Crippen molar-refractivity contribution in [2.75, 3.05) is 84.3 Å². The molecule has 0 aromatic heterocycles. The predicted octanol–water partition coefficient (Wildman–Crippen LogP) is -2.64. The first-order chi connectivity index (χ1) is 14.6. The average Bonchev–Trinajstić information content (AvgIpc) is 2.74. The van der Waals surface area contributed by atoms with Crippen molar-refractivity contribution < 1.29 is 0 Å². The maximum absolute atomic E-state index is 6.66. The molecule has 0 amide bonds. The number of fused-ring (bicyclic) bond motifs is 15. The van der Waals surface area contributed by atoms with Crippen LogP contribution in [0.2, 0.25) is 0 Å². The van der Waals surface area contributed by atoms with E-state index >= 15 is 0 Å². The van der Waals surface area contributed by atoms with Gasteiger partial charge in [-0.3, -0.25) is 0 Å². The minimum atomic E-state index is -0.293. The van der Waals surface area contributed by atoms with Crippen LogP contribution < -0.4 is 48.7 Å². The number of rotatable bonds is 3. The highest BCUT2D eigenvalue weighted by atomic mass is 15.1. The zero-order valence-corrected chi connectivity index (χ0v) is 18.2. The van der Waals surface area contributed by atoms with Crippen molar-refractivity contribution in [1.82, 2.24) is 37.2 Å². The van der Waals surface area contributed by atoms with Crippen LogP contribution >= 0.6 is 0 Å². The molecule has 9 heteroatoms. The highest BCUT2D eigenvalue weighted by Gasteiger charge is 2.30. The standard InChI is InChI=1S/C21H41N9/c22-19-3-1-18(2-4-19)11-30-21-15-27-8-5-24-12-20(23,13-25-6-9-28-16-21)14-26-7-10-29-17-21/h1-4,24-30H,5-17,22-23H2. The molecule has 170 valence electrons. The minimum absolute atomic E-state index is 0.104. The molecule has 0 spiro atoms. The quantitative estimate of drug-likeness (QED) is 0.241. The fourth-order valence-corrected chi connectivity index (χ4v) is 4.01. The molecule has 3 aliphatic rings. The fraction of sp³-hybridized carbons (Fsp3) is 0.714. The molecule has 0 atom stereocenters. The van der Waals surface area contributed by atoms with Crippen LogP contribution in [0.15, 0.2) is 24.3 Å². The Morgan fingerprint density at radius 1 is 0.667 bits per heavy atom. The molecule has 3 aliphatic heterocycles. The molecule has 0 saturated carbocycles. The fourth-order valence-electron chi connectivity index (χ4n) is 4.01. The summed E-state index contributed by atoms with van der Waals surface area (Å²) in [5, 5.41) is 25.4. The van der Waals surface area contributed by atoms with Gasteiger partial charge in [-0.25, -0.2) is 0 Å². The van der Waals surface area contributed by atoms with Crippen LogP contribution in [0.1, 0.15) is 5.56 Å². The van der Waals surface area contributed by atoms with Crippen LogP contribution in [-0.2, 0) is 6.54 Å². The molecule has 3 fully saturated rings. The third-order valence-corrected chi connectivity index (χ3v) is 5.90. The van der Waals surface area contributed by atoms with E-state index in [-0.39, 0.29) is 11.1 Å². The number of nitrogens with two attached hydrogens (primary N) is 2. The Hall–Kier alpha value is -1.30. The van der Waals surface area contributed by atoms with Crippen LogP contribution in [0.3, 0.4) is 0 Å². The van der Waals surface area contributed by atoms with Crippen LogP contribution in [0.4, 0.5) is 5.69 Å². The molecule has 1 aromatic rings. The predicted molar refractivity (Wildman–Crippen MR) is 125 cm³/mol. The van der Waals surface area contributed by atoms with Crippen molar-refractivity contribution in [3.8, 4) is 0 Å². The summed E-state index contributed by atoms with van der Waals surface area (Å²) in [6, 6.07) is 8.11. The van der Waals surface area contributed by atoms with E-state index < -0.39 is 0 Å². The van der Waals surface area contributed by atoms with E-state index in [9.17, 15) is 0 Å². The molecular weight excluding hydrogens is 378 g/mol. The number of benzene rings is 1. The van der Waals surface area contributed by atoms with Crippen molar-refractivity contribution in [3.05, 3.63) is 29.8 Å². The Morgan fingerprint density at radius 3 is 1.50 bits per heavy atom. The Bertz CT molecular complexity index is 563. The van der Waals surface area contributed by atoms with E-state index in [1.807, 2.05) is 12.1 Å². The molecular formula is C21H41N9. The lowest BCUT2D eigenvalue weighted by Crippen LogP contribution is -2.66. The SMILES string of the molecule is Nc1ccc(CNC23CNCCNCC(N)(CNCCNC2)CNCCNC3)cc1. The van der Waals surface area contributed by atoms with E-state index in [0.717, 1.165) is 90.8 Å². The zero-order valence-electron chi connectivity index (χ0n) is 18.2. The lowest BCUT2D eigenvalue weighted by molar-refractivity contribution is 0.269. The molecule has 2 bridgehead atoms. The average molecular weight is 420 g/mol. The van der Waals surface area contributed by atoms with Crippen LogP contribution in [0.25, 0.3) is 0 Å². The van der Waals surface area contributed by atoms with Crippen molar-refractivity contribution >= 4 is 5.69 Å². The molecule has 9 nitrogen and oxygen atoms in total. The molecule has 4 rings (SSSR count). The topological polar surface area (TPSA) is 136 Å². The number of hydrogen-bond acceptors (Lipinski definition) is 9. The summed E-state index contributed by atoms with van der Waals surface area (Å²) in [6.07, 6.45) is 0. The highest BCUT2D eigenvalue weighted by molar-refractivity contribution is 5.39. The van der Waals surface area contributed by atoms with Gasteiger partial charge < -0.3 is 48.7 Å². The first-order valence-corrected chi connectivity index (χ1v) is 11.2. The molecule has 0 radical (unpaired) electrons. The van der Waals surface area contributed by atoms with Crippen LogP contribution in [-0.4, -0.2) is 89.6 Å². The van der Waals surface area contributed by atoms with E-state index in [2.05, 4.69) is 49.4 Å². The van der Waals surface area contributed by atoms with Gasteiger partial charge in [0.25, 0.3) is 0 Å². The summed E-state index contributed by atoms with van der Waals surface area (Å²) in [5.41, 5.74) is 14.1. The first-order valence-electron chi connectivity index (χ1n) is 11.2. The van der Waals surface area contributed by atoms with Gasteiger partial charge in [0, 0.05) is 90.8 Å². The summed E-state index contributed by atoms with van der Waals surface area (Å²) >= 11 is 0. The van der Waals surface area contributed by atoms with E-state index in [1.54, 1.807) is 0 Å². The van der Waals surface area contributed by atoms with Gasteiger partial charge in [-0.05, 0) is 17.7 Å². The zero-order chi connectivity index (χ0) is 21.1. The van der Waals surface area contributed by atoms with Gasteiger partial charge in [0.1, 0.15) is 0 Å². The number of anilines is 1. The summed E-state index contributed by atoms with van der Waals surface area (Å²) in [5.74, 6) is 0. The molecule has 1 aromatic carbocycles. The van der Waals surface area contributed by atoms with Crippen molar-refractivity contribution in [2.24, 2.45) is 5.73 Å². The lowest BCUT2D eigenvalue weighted by Gasteiger charge is -2.37. The maximum Gasteiger partial charge on any atom is 0.0561 e. The molecule has 11 N–H and O–H groups in total. The number of hydrogen-bond donors (Lipinski definition) is 9. The van der Waals surface area contributed by atoms with Crippen molar-refractivity contribution in [2.45, 2.75) is 17.6 Å². The first kappa shape index (κ1) is 23.4. The summed E-state index contributed by atoms with van der Waals surface area (Å²) in [7, 11) is 0. The second-order valence-corrected chi connectivity index (χ2v) is 8.80. The number of nitrogen functional groups attached to an aromatic ring is 1. The largest absolute Gasteiger partial charge is 0.399 e. The van der Waals surface area contributed by atoms with Gasteiger partial charge in [0.05, 0.1) is 11.1 Å². The minimum Gasteiger partial charge on any atom is -0.399 e. The van der Waals surface area contributed by atoms with Crippen LogP contribution in [0, 0.1) is 0 Å². The second-order valence-electron chi connectivity index (χ2n) is 8.80. The van der Waals surface area contributed by atoms with Gasteiger partial charge in [-0.1, -0.05) is 12.1 Å². The molecule has 0 aliphatic carbocycles. The molecule has 0 unspecified atom stereocenters. The second kappa shape index (κ2) is 11.9. The van der Waals surface area contributed by atoms with E-state index in [4.69, 9.17) is 11.5 Å². The Balaban J connectivity index is 1.70. The summed E-state index contributed by atoms with van der Waals surface area (Å²) in [6.45, 7) is 11.2. The highest BCUT2D eigenvalue weighted by Crippen LogP contribution is 2.09. The third-order valence-electron chi connectivity index (χ3n) is 5.90.